The van der Waals surface area contributed by atoms with Gasteiger partial charge in [-0.2, -0.15) is 0 Å². The van der Waals surface area contributed by atoms with Crippen LogP contribution in [-0.2, 0) is 6.67 Å². The van der Waals surface area contributed by atoms with Gasteiger partial charge in [0.05, 0.1) is 23.8 Å². The van der Waals surface area contributed by atoms with E-state index in [1.54, 1.807) is 21.8 Å². The van der Waals surface area contributed by atoms with Crippen molar-refractivity contribution < 1.29 is 0 Å². The Labute approximate surface area is 131 Å². The molecule has 0 aliphatic carbocycles. The highest BCUT2D eigenvalue weighted by Gasteiger charge is 2.07. The average Bonchev–Trinajstić information content (AvgIpc) is 3.27. The number of hydrogen-bond donors (Lipinski definition) is 0. The van der Waals surface area contributed by atoms with E-state index in [2.05, 4.69) is 30.6 Å². The fraction of sp³-hybridized carbons (Fsp3) is 0.0667. The first-order valence-electron chi connectivity index (χ1n) is 7.01. The molecule has 0 aliphatic rings. The van der Waals surface area contributed by atoms with Gasteiger partial charge in [-0.1, -0.05) is 22.6 Å². The molecule has 0 saturated heterocycles. The molecule has 8 nitrogen and oxygen atoms in total. The van der Waals surface area contributed by atoms with Gasteiger partial charge in [-0.15, -0.1) is 10.2 Å². The van der Waals surface area contributed by atoms with Crippen LogP contribution in [0.1, 0.15) is 0 Å². The van der Waals surface area contributed by atoms with Gasteiger partial charge in [0.2, 0.25) is 0 Å². The molecule has 0 spiro atoms. The molecule has 4 heterocycles. The maximum absolute atomic E-state index is 4.25. The molecular formula is C15H12N8. The molecule has 4 aromatic rings. The van der Waals surface area contributed by atoms with Crippen LogP contribution in [0, 0.1) is 0 Å². The maximum Gasteiger partial charge on any atom is 0.136 e. The van der Waals surface area contributed by atoms with E-state index >= 15 is 0 Å². The van der Waals surface area contributed by atoms with Gasteiger partial charge in [0, 0.05) is 12.4 Å². The number of aromatic nitrogens is 8. The second-order valence-electron chi connectivity index (χ2n) is 4.86. The molecule has 0 bridgehead atoms. The second kappa shape index (κ2) is 5.76. The lowest BCUT2D eigenvalue weighted by molar-refractivity contribution is 0.478. The number of pyridine rings is 2. The Balaban J connectivity index is 1.53. The largest absolute Gasteiger partial charge is 0.254 e. The molecule has 4 rings (SSSR count). The summed E-state index contributed by atoms with van der Waals surface area (Å²) in [6, 6.07) is 11.3. The summed E-state index contributed by atoms with van der Waals surface area (Å²) in [6.07, 6.45) is 7.10. The van der Waals surface area contributed by atoms with Crippen LogP contribution < -0.4 is 0 Å². The summed E-state index contributed by atoms with van der Waals surface area (Å²) in [5.41, 5.74) is 3.00. The van der Waals surface area contributed by atoms with Gasteiger partial charge in [-0.3, -0.25) is 9.97 Å². The summed E-state index contributed by atoms with van der Waals surface area (Å²) in [5, 5.41) is 16.4. The third-order valence-corrected chi connectivity index (χ3v) is 3.22. The van der Waals surface area contributed by atoms with Crippen LogP contribution in [0.5, 0.6) is 0 Å². The molecule has 0 amide bonds. The smallest absolute Gasteiger partial charge is 0.136 e. The zero-order chi connectivity index (χ0) is 15.5. The SMILES string of the molecule is c1ccc(-c2cn(Cn3cc(-c4ccccn4)nn3)nn2)nc1. The van der Waals surface area contributed by atoms with Gasteiger partial charge in [0.15, 0.2) is 0 Å². The molecule has 112 valence electrons. The van der Waals surface area contributed by atoms with Crippen LogP contribution in [0.4, 0.5) is 0 Å². The Bertz CT molecular complexity index is 822. The molecule has 0 N–H and O–H groups in total. The lowest BCUT2D eigenvalue weighted by atomic mass is 10.3. The number of hydrogen-bond acceptors (Lipinski definition) is 6. The van der Waals surface area contributed by atoms with Gasteiger partial charge >= 0.3 is 0 Å². The third-order valence-electron chi connectivity index (χ3n) is 3.22. The monoisotopic (exact) mass is 304 g/mol. The van der Waals surface area contributed by atoms with Crippen LogP contribution in [0.15, 0.2) is 61.2 Å². The minimum absolute atomic E-state index is 0.416. The van der Waals surface area contributed by atoms with E-state index in [0.717, 1.165) is 22.8 Å². The van der Waals surface area contributed by atoms with E-state index in [1.165, 1.54) is 0 Å². The van der Waals surface area contributed by atoms with Crippen molar-refractivity contribution in [3.63, 3.8) is 0 Å². The first-order chi connectivity index (χ1) is 11.4. The normalized spacial score (nSPS) is 10.8. The molecule has 0 saturated carbocycles. The van der Waals surface area contributed by atoms with E-state index in [4.69, 9.17) is 0 Å². The molecule has 4 aromatic heterocycles. The highest BCUT2D eigenvalue weighted by Crippen LogP contribution is 2.13. The zero-order valence-corrected chi connectivity index (χ0v) is 12.1. The molecule has 0 fully saturated rings. The fourth-order valence-corrected chi connectivity index (χ4v) is 2.15. The van der Waals surface area contributed by atoms with Gasteiger partial charge in [0.25, 0.3) is 0 Å². The van der Waals surface area contributed by atoms with Crippen molar-refractivity contribution in [3.8, 4) is 22.8 Å². The number of rotatable bonds is 4. The average molecular weight is 304 g/mol. The Kier molecular flexibility index (Phi) is 3.32. The van der Waals surface area contributed by atoms with Crippen LogP contribution in [0.3, 0.4) is 0 Å². The molecule has 0 aromatic carbocycles. The summed E-state index contributed by atoms with van der Waals surface area (Å²) in [6.45, 7) is 0.416. The first-order valence-corrected chi connectivity index (χ1v) is 7.01. The van der Waals surface area contributed by atoms with Gasteiger partial charge in [0.1, 0.15) is 18.1 Å². The van der Waals surface area contributed by atoms with Crippen LogP contribution in [0.2, 0.25) is 0 Å². The molecule has 0 atom stereocenters. The van der Waals surface area contributed by atoms with Crippen LogP contribution in [-0.4, -0.2) is 40.0 Å². The van der Waals surface area contributed by atoms with Gasteiger partial charge in [-0.05, 0) is 24.3 Å². The molecule has 0 aliphatic heterocycles. The Hall–Kier alpha value is -3.42. The highest BCUT2D eigenvalue weighted by molar-refractivity contribution is 5.52. The zero-order valence-electron chi connectivity index (χ0n) is 12.1. The summed E-state index contributed by atoms with van der Waals surface area (Å²) in [5.74, 6) is 0. The first kappa shape index (κ1) is 13.3. The lowest BCUT2D eigenvalue weighted by Gasteiger charge is -1.98. The van der Waals surface area contributed by atoms with E-state index in [9.17, 15) is 0 Å². The van der Waals surface area contributed by atoms with Crippen LogP contribution >= 0.6 is 0 Å². The summed E-state index contributed by atoms with van der Waals surface area (Å²) in [4.78, 5) is 8.51. The third kappa shape index (κ3) is 2.82. The van der Waals surface area contributed by atoms with Crippen LogP contribution in [0.25, 0.3) is 22.8 Å². The van der Waals surface area contributed by atoms with E-state index in [0.29, 0.717) is 6.67 Å². The number of nitrogens with zero attached hydrogens (tertiary/aromatic N) is 8. The minimum atomic E-state index is 0.416. The van der Waals surface area contributed by atoms with Crippen molar-refractivity contribution in [2.24, 2.45) is 0 Å². The Morgan fingerprint density at radius 2 is 1.17 bits per heavy atom. The lowest BCUT2D eigenvalue weighted by Crippen LogP contribution is -2.09. The summed E-state index contributed by atoms with van der Waals surface area (Å²) in [7, 11) is 0. The second-order valence-corrected chi connectivity index (χ2v) is 4.86. The molecule has 23 heavy (non-hydrogen) atoms. The topological polar surface area (TPSA) is 87.2 Å². The van der Waals surface area contributed by atoms with Crippen molar-refractivity contribution >= 4 is 0 Å². The highest BCUT2D eigenvalue weighted by atomic mass is 15.5. The van der Waals surface area contributed by atoms with Crippen molar-refractivity contribution in [2.45, 2.75) is 6.67 Å². The molecule has 8 heteroatoms. The van der Waals surface area contributed by atoms with E-state index in [1.807, 2.05) is 48.8 Å². The van der Waals surface area contributed by atoms with E-state index < -0.39 is 0 Å². The fourth-order valence-electron chi connectivity index (χ4n) is 2.15. The standard InChI is InChI=1S/C15H12N8/c1-3-7-16-12(5-1)14-9-22(20-18-14)11-23-10-15(19-21-23)13-6-2-4-8-17-13/h1-10H,11H2. The van der Waals surface area contributed by atoms with Gasteiger partial charge < -0.3 is 0 Å². The van der Waals surface area contributed by atoms with Crippen molar-refractivity contribution in [2.75, 3.05) is 0 Å². The predicted molar refractivity (Wildman–Crippen MR) is 81.9 cm³/mol. The minimum Gasteiger partial charge on any atom is -0.254 e. The molecule has 0 radical (unpaired) electrons. The quantitative estimate of drug-likeness (QED) is 0.568. The van der Waals surface area contributed by atoms with Crippen molar-refractivity contribution in [1.29, 1.82) is 0 Å². The van der Waals surface area contributed by atoms with Gasteiger partial charge in [-0.25, -0.2) is 9.36 Å². The molecule has 0 unspecified atom stereocenters. The Morgan fingerprint density at radius 3 is 1.61 bits per heavy atom. The van der Waals surface area contributed by atoms with E-state index in [-0.39, 0.29) is 0 Å². The summed E-state index contributed by atoms with van der Waals surface area (Å²) < 4.78 is 3.36. The summed E-state index contributed by atoms with van der Waals surface area (Å²) >= 11 is 0. The Morgan fingerprint density at radius 1 is 0.652 bits per heavy atom. The maximum atomic E-state index is 4.25. The predicted octanol–water partition coefficient (Wildman–Crippen LogP) is 1.50. The molecular weight excluding hydrogens is 292 g/mol. The van der Waals surface area contributed by atoms with Crippen molar-refractivity contribution in [1.82, 2.24) is 40.0 Å². The van der Waals surface area contributed by atoms with Crippen molar-refractivity contribution in [3.05, 3.63) is 61.2 Å².